The molecular weight excluding hydrogens is 190 g/mol. The molecule has 0 aliphatic rings. The first kappa shape index (κ1) is 12.0. The number of hydrogen-bond acceptors (Lipinski definition) is 3. The molecule has 1 aromatic heterocycles. The largest absolute Gasteiger partial charge is 0.468 e. The summed E-state index contributed by atoms with van der Waals surface area (Å²) >= 11 is 0. The quantitative estimate of drug-likeness (QED) is 0.721. The van der Waals surface area contributed by atoms with Gasteiger partial charge in [-0.15, -0.1) is 0 Å². The van der Waals surface area contributed by atoms with Crippen LogP contribution in [0.3, 0.4) is 0 Å². The standard InChI is InChI=1S/C12H19NO2/c1-4-12(14)10(3)13(5-2)9-11-7-6-8-15-11/h6-8,10H,4-5,9H2,1-3H3. The highest BCUT2D eigenvalue weighted by Crippen LogP contribution is 2.10. The maximum atomic E-state index is 11.6. The van der Waals surface area contributed by atoms with E-state index in [1.165, 1.54) is 0 Å². The summed E-state index contributed by atoms with van der Waals surface area (Å²) in [4.78, 5) is 13.7. The second kappa shape index (κ2) is 5.71. The van der Waals surface area contributed by atoms with Crippen LogP contribution in [0.2, 0.25) is 0 Å². The van der Waals surface area contributed by atoms with E-state index in [9.17, 15) is 4.79 Å². The average molecular weight is 209 g/mol. The molecule has 0 aliphatic carbocycles. The fourth-order valence-electron chi connectivity index (χ4n) is 1.62. The molecule has 1 unspecified atom stereocenters. The highest BCUT2D eigenvalue weighted by molar-refractivity contribution is 5.83. The molecule has 1 heterocycles. The lowest BCUT2D eigenvalue weighted by molar-refractivity contribution is -0.123. The van der Waals surface area contributed by atoms with Crippen molar-refractivity contribution in [2.24, 2.45) is 0 Å². The summed E-state index contributed by atoms with van der Waals surface area (Å²) in [7, 11) is 0. The summed E-state index contributed by atoms with van der Waals surface area (Å²) in [6.07, 6.45) is 2.26. The Bertz CT molecular complexity index is 293. The van der Waals surface area contributed by atoms with Crippen LogP contribution in [0.4, 0.5) is 0 Å². The van der Waals surface area contributed by atoms with Crippen LogP contribution in [0, 0.1) is 0 Å². The van der Waals surface area contributed by atoms with E-state index in [4.69, 9.17) is 4.42 Å². The van der Waals surface area contributed by atoms with E-state index in [1.54, 1.807) is 6.26 Å². The van der Waals surface area contributed by atoms with E-state index in [1.807, 2.05) is 26.0 Å². The van der Waals surface area contributed by atoms with Crippen LogP contribution in [-0.2, 0) is 11.3 Å². The van der Waals surface area contributed by atoms with E-state index >= 15 is 0 Å². The van der Waals surface area contributed by atoms with Crippen LogP contribution in [0.5, 0.6) is 0 Å². The summed E-state index contributed by atoms with van der Waals surface area (Å²) < 4.78 is 5.28. The molecule has 0 aromatic carbocycles. The number of Topliss-reactive ketones (excluding diaryl/α,β-unsaturated/α-hetero) is 1. The van der Waals surface area contributed by atoms with Crippen LogP contribution < -0.4 is 0 Å². The van der Waals surface area contributed by atoms with Gasteiger partial charge in [0.2, 0.25) is 0 Å². The predicted octanol–water partition coefficient (Wildman–Crippen LogP) is 2.47. The minimum absolute atomic E-state index is 0.0231. The molecule has 0 saturated carbocycles. The highest BCUT2D eigenvalue weighted by Gasteiger charge is 2.18. The van der Waals surface area contributed by atoms with E-state index < -0.39 is 0 Å². The molecule has 3 heteroatoms. The van der Waals surface area contributed by atoms with Gasteiger partial charge in [0.25, 0.3) is 0 Å². The van der Waals surface area contributed by atoms with Gasteiger partial charge in [-0.3, -0.25) is 9.69 Å². The van der Waals surface area contributed by atoms with Gasteiger partial charge in [-0.05, 0) is 25.6 Å². The van der Waals surface area contributed by atoms with Crippen LogP contribution in [0.1, 0.15) is 33.0 Å². The van der Waals surface area contributed by atoms with Crippen LogP contribution in [0.15, 0.2) is 22.8 Å². The number of hydrogen-bond donors (Lipinski definition) is 0. The fraction of sp³-hybridized carbons (Fsp3) is 0.583. The molecule has 0 aliphatic heterocycles. The lowest BCUT2D eigenvalue weighted by Gasteiger charge is -2.25. The molecule has 1 aromatic rings. The van der Waals surface area contributed by atoms with E-state index in [2.05, 4.69) is 11.8 Å². The highest BCUT2D eigenvalue weighted by atomic mass is 16.3. The Morgan fingerprint density at radius 3 is 2.73 bits per heavy atom. The zero-order valence-electron chi connectivity index (χ0n) is 9.69. The van der Waals surface area contributed by atoms with Crippen molar-refractivity contribution in [1.29, 1.82) is 0 Å². The van der Waals surface area contributed by atoms with Gasteiger partial charge < -0.3 is 4.42 Å². The molecule has 0 saturated heterocycles. The molecule has 0 amide bonds. The molecule has 3 nitrogen and oxygen atoms in total. The Balaban J connectivity index is 2.59. The number of ketones is 1. The van der Waals surface area contributed by atoms with Crippen molar-refractivity contribution in [3.8, 4) is 0 Å². The molecule has 0 fully saturated rings. The maximum Gasteiger partial charge on any atom is 0.149 e. The van der Waals surface area contributed by atoms with Gasteiger partial charge in [-0.1, -0.05) is 13.8 Å². The molecule has 1 rings (SSSR count). The Hall–Kier alpha value is -1.09. The Morgan fingerprint density at radius 1 is 1.53 bits per heavy atom. The van der Waals surface area contributed by atoms with Gasteiger partial charge in [0, 0.05) is 6.42 Å². The molecule has 15 heavy (non-hydrogen) atoms. The molecule has 0 bridgehead atoms. The number of carbonyl (C=O) groups is 1. The van der Waals surface area contributed by atoms with Gasteiger partial charge in [0.1, 0.15) is 11.5 Å². The van der Waals surface area contributed by atoms with Gasteiger partial charge in [-0.2, -0.15) is 0 Å². The number of nitrogens with zero attached hydrogens (tertiary/aromatic N) is 1. The van der Waals surface area contributed by atoms with Gasteiger partial charge in [0.15, 0.2) is 0 Å². The SMILES string of the molecule is CCC(=O)C(C)N(CC)Cc1ccco1. The van der Waals surface area contributed by atoms with Gasteiger partial charge in [0.05, 0.1) is 18.8 Å². The first-order chi connectivity index (χ1) is 7.19. The van der Waals surface area contributed by atoms with Crippen molar-refractivity contribution in [3.63, 3.8) is 0 Å². The van der Waals surface area contributed by atoms with Crippen molar-refractivity contribution < 1.29 is 9.21 Å². The van der Waals surface area contributed by atoms with E-state index in [0.717, 1.165) is 12.3 Å². The van der Waals surface area contributed by atoms with Crippen molar-refractivity contribution >= 4 is 5.78 Å². The fourth-order valence-corrected chi connectivity index (χ4v) is 1.62. The summed E-state index contributed by atoms with van der Waals surface area (Å²) in [5, 5.41) is 0. The third kappa shape index (κ3) is 3.20. The van der Waals surface area contributed by atoms with Crippen molar-refractivity contribution in [2.75, 3.05) is 6.54 Å². The molecule has 84 valence electrons. The summed E-state index contributed by atoms with van der Waals surface area (Å²) in [5.41, 5.74) is 0. The predicted molar refractivity (Wildman–Crippen MR) is 59.6 cm³/mol. The maximum absolute atomic E-state index is 11.6. The Labute approximate surface area is 91.1 Å². The topological polar surface area (TPSA) is 33.5 Å². The third-order valence-electron chi connectivity index (χ3n) is 2.71. The normalized spacial score (nSPS) is 13.1. The Morgan fingerprint density at radius 2 is 2.27 bits per heavy atom. The molecule has 0 N–H and O–H groups in total. The lowest BCUT2D eigenvalue weighted by atomic mass is 10.1. The van der Waals surface area contributed by atoms with Crippen LogP contribution >= 0.6 is 0 Å². The summed E-state index contributed by atoms with van der Waals surface area (Å²) in [6, 6.07) is 3.78. The average Bonchev–Trinajstić information content (AvgIpc) is 2.76. The number of carbonyl (C=O) groups excluding carboxylic acids is 1. The second-order valence-corrected chi connectivity index (χ2v) is 3.64. The molecule has 0 spiro atoms. The van der Waals surface area contributed by atoms with E-state index in [-0.39, 0.29) is 11.8 Å². The van der Waals surface area contributed by atoms with E-state index in [0.29, 0.717) is 13.0 Å². The lowest BCUT2D eigenvalue weighted by Crippen LogP contribution is -2.38. The van der Waals surface area contributed by atoms with Crippen molar-refractivity contribution in [3.05, 3.63) is 24.2 Å². The van der Waals surface area contributed by atoms with Crippen LogP contribution in [-0.4, -0.2) is 23.3 Å². The number of rotatable bonds is 6. The third-order valence-corrected chi connectivity index (χ3v) is 2.71. The Kier molecular flexibility index (Phi) is 4.56. The minimum Gasteiger partial charge on any atom is -0.468 e. The van der Waals surface area contributed by atoms with Gasteiger partial charge >= 0.3 is 0 Å². The zero-order valence-corrected chi connectivity index (χ0v) is 9.69. The zero-order chi connectivity index (χ0) is 11.3. The van der Waals surface area contributed by atoms with Crippen molar-refractivity contribution in [1.82, 2.24) is 4.90 Å². The smallest absolute Gasteiger partial charge is 0.149 e. The number of likely N-dealkylation sites (N-methyl/N-ethyl adjacent to an activating group) is 1. The van der Waals surface area contributed by atoms with Crippen molar-refractivity contribution in [2.45, 2.75) is 39.8 Å². The molecular formula is C12H19NO2. The molecule has 1 atom stereocenters. The first-order valence-corrected chi connectivity index (χ1v) is 5.48. The first-order valence-electron chi connectivity index (χ1n) is 5.48. The monoisotopic (exact) mass is 209 g/mol. The molecule has 0 radical (unpaired) electrons. The number of furan rings is 1. The minimum atomic E-state index is -0.0231. The summed E-state index contributed by atoms with van der Waals surface area (Å²) in [6.45, 7) is 7.48. The van der Waals surface area contributed by atoms with Gasteiger partial charge in [-0.25, -0.2) is 0 Å². The van der Waals surface area contributed by atoms with Crippen LogP contribution in [0.25, 0.3) is 0 Å². The summed E-state index contributed by atoms with van der Waals surface area (Å²) in [5.74, 6) is 1.19. The second-order valence-electron chi connectivity index (χ2n) is 3.64.